The third kappa shape index (κ3) is 2.13. The summed E-state index contributed by atoms with van der Waals surface area (Å²) in [4.78, 5) is 3.50. The number of hydrogen-bond acceptors (Lipinski definition) is 3. The quantitative estimate of drug-likeness (QED) is 0.584. The van der Waals surface area contributed by atoms with E-state index in [1.54, 1.807) is 0 Å². The first kappa shape index (κ1) is 7.77. The van der Waals surface area contributed by atoms with Crippen molar-refractivity contribution in [3.05, 3.63) is 0 Å². The minimum Gasteiger partial charge on any atom is -0.325 e. The third-order valence-electron chi connectivity index (χ3n) is 1.11. The zero-order chi connectivity index (χ0) is 7.78. The minimum absolute atomic E-state index is 0.152. The SMILES string of the molecule is NC1CN(OC(F)(F)F)C1. The van der Waals surface area contributed by atoms with E-state index in [1.165, 1.54) is 0 Å². The Morgan fingerprint density at radius 1 is 1.40 bits per heavy atom. The lowest BCUT2D eigenvalue weighted by molar-refractivity contribution is -0.427. The first-order chi connectivity index (χ1) is 4.47. The second-order valence-electron chi connectivity index (χ2n) is 2.14. The molecule has 1 heterocycles. The number of hydroxylamine groups is 2. The van der Waals surface area contributed by atoms with Gasteiger partial charge in [-0.2, -0.15) is 5.06 Å². The summed E-state index contributed by atoms with van der Waals surface area (Å²) in [7, 11) is 0. The van der Waals surface area contributed by atoms with Gasteiger partial charge in [0.25, 0.3) is 0 Å². The number of halogens is 3. The Morgan fingerprint density at radius 2 is 1.90 bits per heavy atom. The number of alkyl halides is 3. The first-order valence-electron chi connectivity index (χ1n) is 2.74. The summed E-state index contributed by atoms with van der Waals surface area (Å²) in [6.45, 7) is 0.305. The molecule has 0 aliphatic carbocycles. The van der Waals surface area contributed by atoms with Gasteiger partial charge >= 0.3 is 6.36 Å². The van der Waals surface area contributed by atoms with Gasteiger partial charge in [-0.25, -0.2) is 4.84 Å². The lowest BCUT2D eigenvalue weighted by atomic mass is 10.2. The summed E-state index contributed by atoms with van der Waals surface area (Å²) in [6, 6.07) is -0.178. The molecule has 0 amide bonds. The number of nitrogens with two attached hydrogens (primary N) is 1. The maximum atomic E-state index is 11.3. The highest BCUT2D eigenvalue weighted by Gasteiger charge is 2.37. The van der Waals surface area contributed by atoms with Crippen LogP contribution in [0, 0.1) is 0 Å². The molecule has 3 nitrogen and oxygen atoms in total. The summed E-state index contributed by atoms with van der Waals surface area (Å²) in [5, 5.41) is 0.782. The second kappa shape index (κ2) is 2.37. The molecule has 0 atom stereocenters. The molecule has 1 saturated heterocycles. The molecule has 0 saturated carbocycles. The number of nitrogens with zero attached hydrogens (tertiary/aromatic N) is 1. The highest BCUT2D eigenvalue weighted by atomic mass is 19.4. The van der Waals surface area contributed by atoms with Crippen LogP contribution in [0.5, 0.6) is 0 Å². The summed E-state index contributed by atoms with van der Waals surface area (Å²) < 4.78 is 34.0. The predicted octanol–water partition coefficient (Wildman–Crippen LogP) is 0.0807. The Hall–Kier alpha value is -0.330. The van der Waals surface area contributed by atoms with Gasteiger partial charge in [0.1, 0.15) is 0 Å². The predicted molar refractivity (Wildman–Crippen MR) is 26.7 cm³/mol. The van der Waals surface area contributed by atoms with E-state index in [4.69, 9.17) is 5.73 Å². The Morgan fingerprint density at radius 3 is 2.20 bits per heavy atom. The molecule has 0 radical (unpaired) electrons. The monoisotopic (exact) mass is 156 g/mol. The largest absolute Gasteiger partial charge is 0.539 e. The Kier molecular flexibility index (Phi) is 1.84. The maximum Gasteiger partial charge on any atom is 0.539 e. The second-order valence-corrected chi connectivity index (χ2v) is 2.14. The van der Waals surface area contributed by atoms with Crippen LogP contribution in [0.1, 0.15) is 0 Å². The van der Waals surface area contributed by atoms with E-state index in [-0.39, 0.29) is 19.1 Å². The molecule has 1 fully saturated rings. The summed E-state index contributed by atoms with van der Waals surface area (Å²) in [5.41, 5.74) is 5.20. The zero-order valence-electron chi connectivity index (χ0n) is 5.06. The number of rotatable bonds is 1. The van der Waals surface area contributed by atoms with Crippen molar-refractivity contribution < 1.29 is 18.0 Å². The Labute approximate surface area is 55.5 Å². The van der Waals surface area contributed by atoms with E-state index < -0.39 is 6.36 Å². The van der Waals surface area contributed by atoms with Crippen LogP contribution in [0.2, 0.25) is 0 Å². The molecule has 1 rings (SSSR count). The molecular weight excluding hydrogens is 149 g/mol. The summed E-state index contributed by atoms with van der Waals surface area (Å²) in [6.07, 6.45) is -4.57. The minimum atomic E-state index is -4.57. The molecule has 10 heavy (non-hydrogen) atoms. The van der Waals surface area contributed by atoms with Gasteiger partial charge in [0, 0.05) is 19.1 Å². The van der Waals surface area contributed by atoms with Gasteiger partial charge in [-0.1, -0.05) is 0 Å². The van der Waals surface area contributed by atoms with Crippen molar-refractivity contribution in [2.75, 3.05) is 13.1 Å². The van der Waals surface area contributed by atoms with Crippen molar-refractivity contribution in [1.29, 1.82) is 0 Å². The van der Waals surface area contributed by atoms with Gasteiger partial charge in [0.15, 0.2) is 0 Å². The fourth-order valence-corrected chi connectivity index (χ4v) is 0.691. The molecular formula is C4H7F3N2O. The highest BCUT2D eigenvalue weighted by molar-refractivity contribution is 4.76. The molecule has 2 N–H and O–H groups in total. The standard InChI is InChI=1S/C4H7F3N2O/c5-4(6,7)10-9-1-3(8)2-9/h3H,1-2,8H2. The lowest BCUT2D eigenvalue weighted by Gasteiger charge is -2.35. The van der Waals surface area contributed by atoms with Crippen LogP contribution < -0.4 is 5.73 Å². The van der Waals surface area contributed by atoms with Crippen LogP contribution in [0.25, 0.3) is 0 Å². The van der Waals surface area contributed by atoms with E-state index in [9.17, 15) is 13.2 Å². The molecule has 0 unspecified atom stereocenters. The Balaban J connectivity index is 2.16. The molecule has 1 aliphatic rings. The van der Waals surface area contributed by atoms with E-state index in [2.05, 4.69) is 4.84 Å². The van der Waals surface area contributed by atoms with Crippen molar-refractivity contribution in [2.45, 2.75) is 12.4 Å². The van der Waals surface area contributed by atoms with Gasteiger partial charge in [-0.3, -0.25) is 0 Å². The average molecular weight is 156 g/mol. The highest BCUT2D eigenvalue weighted by Crippen LogP contribution is 2.21. The van der Waals surface area contributed by atoms with E-state index in [1.807, 2.05) is 0 Å². The Bertz CT molecular complexity index is 120. The van der Waals surface area contributed by atoms with Crippen LogP contribution in [-0.4, -0.2) is 30.6 Å². The smallest absolute Gasteiger partial charge is 0.325 e. The van der Waals surface area contributed by atoms with Crippen molar-refractivity contribution >= 4 is 0 Å². The van der Waals surface area contributed by atoms with Crippen LogP contribution in [0.3, 0.4) is 0 Å². The van der Waals surface area contributed by atoms with Crippen LogP contribution in [-0.2, 0) is 4.84 Å². The molecule has 6 heteroatoms. The summed E-state index contributed by atoms with van der Waals surface area (Å²) >= 11 is 0. The maximum absolute atomic E-state index is 11.3. The molecule has 0 aromatic rings. The lowest BCUT2D eigenvalue weighted by Crippen LogP contribution is -2.56. The van der Waals surface area contributed by atoms with Crippen molar-refractivity contribution in [3.8, 4) is 0 Å². The van der Waals surface area contributed by atoms with Gasteiger partial charge in [-0.05, 0) is 0 Å². The van der Waals surface area contributed by atoms with Crippen LogP contribution >= 0.6 is 0 Å². The normalized spacial score (nSPS) is 22.8. The summed E-state index contributed by atoms with van der Waals surface area (Å²) in [5.74, 6) is 0. The average Bonchev–Trinajstić information content (AvgIpc) is 1.57. The van der Waals surface area contributed by atoms with E-state index in [0.29, 0.717) is 0 Å². The van der Waals surface area contributed by atoms with E-state index in [0.717, 1.165) is 5.06 Å². The number of hydrogen-bond donors (Lipinski definition) is 1. The van der Waals surface area contributed by atoms with E-state index >= 15 is 0 Å². The fourth-order valence-electron chi connectivity index (χ4n) is 0.691. The zero-order valence-corrected chi connectivity index (χ0v) is 5.06. The molecule has 60 valence electrons. The van der Waals surface area contributed by atoms with Crippen molar-refractivity contribution in [3.63, 3.8) is 0 Å². The van der Waals surface area contributed by atoms with Gasteiger partial charge in [0.05, 0.1) is 0 Å². The molecule has 0 aromatic heterocycles. The van der Waals surface area contributed by atoms with Gasteiger partial charge in [0.2, 0.25) is 0 Å². The van der Waals surface area contributed by atoms with Crippen molar-refractivity contribution in [2.24, 2.45) is 5.73 Å². The van der Waals surface area contributed by atoms with Gasteiger partial charge in [-0.15, -0.1) is 13.2 Å². The van der Waals surface area contributed by atoms with Crippen LogP contribution in [0.4, 0.5) is 13.2 Å². The van der Waals surface area contributed by atoms with Gasteiger partial charge < -0.3 is 5.73 Å². The van der Waals surface area contributed by atoms with Crippen molar-refractivity contribution in [1.82, 2.24) is 5.06 Å². The molecule has 1 aliphatic heterocycles. The topological polar surface area (TPSA) is 38.5 Å². The first-order valence-corrected chi connectivity index (χ1v) is 2.74. The molecule has 0 bridgehead atoms. The van der Waals surface area contributed by atoms with Crippen LogP contribution in [0.15, 0.2) is 0 Å². The molecule has 0 spiro atoms. The molecule has 0 aromatic carbocycles. The fraction of sp³-hybridized carbons (Fsp3) is 1.00. The third-order valence-corrected chi connectivity index (χ3v) is 1.11.